The monoisotopic (exact) mass is 265 g/mol. The van der Waals surface area contributed by atoms with Crippen molar-refractivity contribution in [3.05, 3.63) is 28.2 Å². The van der Waals surface area contributed by atoms with Crippen LogP contribution in [0.4, 0.5) is 8.78 Å². The second-order valence-corrected chi connectivity index (χ2v) is 3.78. The molecule has 0 fully saturated rings. The Labute approximate surface area is 88.9 Å². The molecule has 1 aromatic carbocycles. The van der Waals surface area contributed by atoms with Gasteiger partial charge < -0.3 is 10.8 Å². The summed E-state index contributed by atoms with van der Waals surface area (Å²) in [5, 5.41) is 9.25. The minimum absolute atomic E-state index is 0.0460. The Morgan fingerprint density at radius 2 is 2.07 bits per heavy atom. The number of nitrogens with two attached hydrogens (primary N) is 1. The van der Waals surface area contributed by atoms with Crippen LogP contribution in [-0.2, 0) is 6.42 Å². The molecule has 1 rings (SSSR count). The summed E-state index contributed by atoms with van der Waals surface area (Å²) in [7, 11) is 0. The van der Waals surface area contributed by atoms with E-state index < -0.39 is 18.9 Å². The van der Waals surface area contributed by atoms with E-state index in [1.54, 1.807) is 0 Å². The van der Waals surface area contributed by atoms with E-state index in [1.807, 2.05) is 0 Å². The quantitative estimate of drug-likeness (QED) is 0.881. The summed E-state index contributed by atoms with van der Waals surface area (Å²) < 4.78 is 26.1. The van der Waals surface area contributed by atoms with Crippen LogP contribution in [0.2, 0.25) is 0 Å². The van der Waals surface area contributed by atoms with Gasteiger partial charge in [-0.2, -0.15) is 0 Å². The maximum atomic E-state index is 12.9. The summed E-state index contributed by atoms with van der Waals surface area (Å²) in [6.07, 6.45) is -0.474. The SMILES string of the molecule is NCC(F)(F)Cc1cccc(O)c1Br. The normalized spacial score (nSPS) is 11.7. The highest BCUT2D eigenvalue weighted by Crippen LogP contribution is 2.30. The van der Waals surface area contributed by atoms with Crippen LogP contribution in [0.1, 0.15) is 5.56 Å². The van der Waals surface area contributed by atoms with E-state index in [1.165, 1.54) is 18.2 Å². The molecule has 0 heterocycles. The van der Waals surface area contributed by atoms with Crippen molar-refractivity contribution in [2.45, 2.75) is 12.3 Å². The molecule has 78 valence electrons. The number of rotatable bonds is 3. The molecule has 0 saturated heterocycles. The number of phenolic OH excluding ortho intramolecular Hbond substituents is 1. The van der Waals surface area contributed by atoms with Crippen LogP contribution in [0.25, 0.3) is 0 Å². The van der Waals surface area contributed by atoms with Crippen molar-refractivity contribution in [2.75, 3.05) is 6.54 Å². The number of alkyl halides is 2. The van der Waals surface area contributed by atoms with E-state index in [2.05, 4.69) is 15.9 Å². The highest BCUT2D eigenvalue weighted by atomic mass is 79.9. The zero-order valence-electron chi connectivity index (χ0n) is 7.30. The van der Waals surface area contributed by atoms with Crippen LogP contribution in [0.15, 0.2) is 22.7 Å². The predicted molar refractivity (Wildman–Crippen MR) is 53.5 cm³/mol. The molecular weight excluding hydrogens is 256 g/mol. The first kappa shape index (κ1) is 11.4. The van der Waals surface area contributed by atoms with E-state index in [9.17, 15) is 13.9 Å². The van der Waals surface area contributed by atoms with Crippen LogP contribution in [0.5, 0.6) is 5.75 Å². The van der Waals surface area contributed by atoms with Gasteiger partial charge in [-0.3, -0.25) is 0 Å². The fourth-order valence-corrected chi connectivity index (χ4v) is 1.46. The predicted octanol–water partition coefficient (Wildman–Crippen LogP) is 2.29. The Morgan fingerprint density at radius 3 is 2.64 bits per heavy atom. The largest absolute Gasteiger partial charge is 0.507 e. The molecule has 0 aliphatic rings. The lowest BCUT2D eigenvalue weighted by Gasteiger charge is -2.14. The number of halogens is 3. The number of benzene rings is 1. The molecule has 0 bridgehead atoms. The maximum absolute atomic E-state index is 12.9. The highest BCUT2D eigenvalue weighted by molar-refractivity contribution is 9.10. The summed E-state index contributed by atoms with van der Waals surface area (Å²) >= 11 is 3.04. The first-order valence-corrected chi connectivity index (χ1v) is 4.80. The van der Waals surface area contributed by atoms with Crippen molar-refractivity contribution in [3.8, 4) is 5.75 Å². The third kappa shape index (κ3) is 2.65. The maximum Gasteiger partial charge on any atom is 0.264 e. The lowest BCUT2D eigenvalue weighted by Crippen LogP contribution is -2.30. The van der Waals surface area contributed by atoms with Crippen LogP contribution < -0.4 is 5.73 Å². The van der Waals surface area contributed by atoms with Crippen molar-refractivity contribution < 1.29 is 13.9 Å². The summed E-state index contributed by atoms with van der Waals surface area (Å²) in [6, 6.07) is 4.46. The molecule has 0 atom stereocenters. The molecule has 5 heteroatoms. The fraction of sp³-hybridized carbons (Fsp3) is 0.333. The molecule has 0 unspecified atom stereocenters. The van der Waals surface area contributed by atoms with E-state index in [-0.39, 0.29) is 5.75 Å². The number of aromatic hydroxyl groups is 1. The van der Waals surface area contributed by atoms with Crippen molar-refractivity contribution in [1.29, 1.82) is 0 Å². The lowest BCUT2D eigenvalue weighted by atomic mass is 10.1. The second kappa shape index (κ2) is 4.23. The molecule has 0 spiro atoms. The van der Waals surface area contributed by atoms with Crippen molar-refractivity contribution >= 4 is 15.9 Å². The Hall–Kier alpha value is -0.680. The summed E-state index contributed by atoms with van der Waals surface area (Å²) in [5.41, 5.74) is 5.26. The van der Waals surface area contributed by atoms with Crippen LogP contribution in [0.3, 0.4) is 0 Å². The number of phenols is 1. The topological polar surface area (TPSA) is 46.2 Å². The number of hydrogen-bond acceptors (Lipinski definition) is 2. The molecule has 0 amide bonds. The summed E-state index contributed by atoms with van der Waals surface area (Å²) in [4.78, 5) is 0. The molecule has 0 radical (unpaired) electrons. The Bertz CT molecular complexity index is 331. The van der Waals surface area contributed by atoms with E-state index in [4.69, 9.17) is 5.73 Å². The first-order valence-electron chi connectivity index (χ1n) is 4.00. The van der Waals surface area contributed by atoms with Crippen LogP contribution in [0, 0.1) is 0 Å². The van der Waals surface area contributed by atoms with Crippen molar-refractivity contribution in [1.82, 2.24) is 0 Å². The van der Waals surface area contributed by atoms with E-state index >= 15 is 0 Å². The molecule has 0 aliphatic carbocycles. The summed E-state index contributed by atoms with van der Waals surface area (Å²) in [6.45, 7) is -0.699. The van der Waals surface area contributed by atoms with Gasteiger partial charge in [0.05, 0.1) is 11.0 Å². The highest BCUT2D eigenvalue weighted by Gasteiger charge is 2.28. The molecular formula is C9H10BrF2NO. The van der Waals surface area contributed by atoms with Gasteiger partial charge in [0.15, 0.2) is 0 Å². The van der Waals surface area contributed by atoms with Crippen LogP contribution >= 0.6 is 15.9 Å². The standard InChI is InChI=1S/C9H10BrF2NO/c10-8-6(2-1-3-7(8)14)4-9(11,12)5-13/h1-3,14H,4-5,13H2. The first-order chi connectivity index (χ1) is 6.46. The second-order valence-electron chi connectivity index (χ2n) is 2.99. The minimum atomic E-state index is -2.93. The smallest absolute Gasteiger partial charge is 0.264 e. The van der Waals surface area contributed by atoms with Gasteiger partial charge in [0, 0.05) is 6.42 Å². The zero-order valence-corrected chi connectivity index (χ0v) is 8.89. The Morgan fingerprint density at radius 1 is 1.43 bits per heavy atom. The molecule has 0 aliphatic heterocycles. The molecule has 1 aromatic rings. The average Bonchev–Trinajstić information content (AvgIpc) is 2.13. The zero-order chi connectivity index (χ0) is 10.8. The van der Waals surface area contributed by atoms with Gasteiger partial charge in [-0.25, -0.2) is 8.78 Å². The molecule has 0 aromatic heterocycles. The van der Waals surface area contributed by atoms with Crippen molar-refractivity contribution in [3.63, 3.8) is 0 Å². The van der Waals surface area contributed by atoms with Gasteiger partial charge in [0.2, 0.25) is 0 Å². The average molecular weight is 266 g/mol. The third-order valence-corrected chi connectivity index (χ3v) is 2.72. The van der Waals surface area contributed by atoms with Gasteiger partial charge in [0.25, 0.3) is 5.92 Å². The number of hydrogen-bond donors (Lipinski definition) is 2. The molecule has 2 nitrogen and oxygen atoms in total. The molecule has 3 N–H and O–H groups in total. The lowest BCUT2D eigenvalue weighted by molar-refractivity contribution is 0.0113. The van der Waals surface area contributed by atoms with Gasteiger partial charge in [-0.15, -0.1) is 0 Å². The Kier molecular flexibility index (Phi) is 3.44. The summed E-state index contributed by atoms with van der Waals surface area (Å²) in [5.74, 6) is -2.98. The minimum Gasteiger partial charge on any atom is -0.507 e. The third-order valence-electron chi connectivity index (χ3n) is 1.81. The van der Waals surface area contributed by atoms with Crippen molar-refractivity contribution in [2.24, 2.45) is 5.73 Å². The molecule has 14 heavy (non-hydrogen) atoms. The van der Waals surface area contributed by atoms with E-state index in [0.717, 1.165) is 0 Å². The van der Waals surface area contributed by atoms with Crippen LogP contribution in [-0.4, -0.2) is 17.6 Å². The van der Waals surface area contributed by atoms with Gasteiger partial charge in [-0.05, 0) is 27.6 Å². The molecule has 0 saturated carbocycles. The Balaban J connectivity index is 2.92. The van der Waals surface area contributed by atoms with Gasteiger partial charge >= 0.3 is 0 Å². The van der Waals surface area contributed by atoms with Gasteiger partial charge in [-0.1, -0.05) is 12.1 Å². The van der Waals surface area contributed by atoms with E-state index in [0.29, 0.717) is 10.0 Å². The van der Waals surface area contributed by atoms with Gasteiger partial charge in [0.1, 0.15) is 5.75 Å². The fourth-order valence-electron chi connectivity index (χ4n) is 1.05.